The van der Waals surface area contributed by atoms with Crippen molar-refractivity contribution < 1.29 is 63.2 Å². The van der Waals surface area contributed by atoms with Crippen LogP contribution >= 0.6 is 0 Å². The van der Waals surface area contributed by atoms with Crippen molar-refractivity contribution in [3.05, 3.63) is 102 Å². The number of nitrogens with one attached hydrogen (secondary N) is 6. The molecule has 1 fully saturated rings. The number of phenolic OH excluding ortho intramolecular Hbond substituents is 1. The van der Waals surface area contributed by atoms with Crippen LogP contribution in [0.5, 0.6) is 5.75 Å². The monoisotopic (exact) mass is 1100 g/mol. The van der Waals surface area contributed by atoms with Crippen molar-refractivity contribution in [3.8, 4) is 5.75 Å². The zero-order valence-corrected chi connectivity index (χ0v) is 46.3. The summed E-state index contributed by atoms with van der Waals surface area (Å²) in [6, 6.07) is 6.67. The second-order valence-corrected chi connectivity index (χ2v) is 20.3. The van der Waals surface area contributed by atoms with E-state index < -0.39 is 120 Å². The van der Waals surface area contributed by atoms with Crippen molar-refractivity contribution >= 4 is 59.2 Å². The van der Waals surface area contributed by atoms with E-state index in [0.29, 0.717) is 17.6 Å². The van der Waals surface area contributed by atoms with Gasteiger partial charge in [-0.25, -0.2) is 9.59 Å². The number of hydrogen-bond donors (Lipinski definition) is 11. The van der Waals surface area contributed by atoms with Crippen LogP contribution in [-0.2, 0) is 60.7 Å². The topological polar surface area (TPSA) is 363 Å². The quantitative estimate of drug-likeness (QED) is 0.0334. The summed E-state index contributed by atoms with van der Waals surface area (Å²) in [6.45, 7) is 13.7. The molecule has 1 heterocycles. The van der Waals surface area contributed by atoms with E-state index in [1.807, 2.05) is 43.3 Å². The summed E-state index contributed by atoms with van der Waals surface area (Å²) in [7, 11) is 2.83. The Labute approximate surface area is 461 Å². The van der Waals surface area contributed by atoms with Gasteiger partial charge in [0.05, 0.1) is 24.0 Å². The molecule has 2 aromatic rings. The fraction of sp³-hybridized carbons (Fsp3) is 0.500. The number of allylic oxidation sites excluding steroid dienone is 2. The number of aliphatic imine (C=N–C) groups is 1. The molecule has 1 aliphatic heterocycles. The molecule has 13 N–H and O–H groups in total. The van der Waals surface area contributed by atoms with Crippen molar-refractivity contribution in [2.45, 2.75) is 135 Å². The Kier molecular flexibility index (Phi) is 26.4. The number of ether oxygens (including phenoxy) is 1. The van der Waals surface area contributed by atoms with Gasteiger partial charge in [-0.2, -0.15) is 0 Å². The van der Waals surface area contributed by atoms with Crippen LogP contribution in [0, 0.1) is 23.7 Å². The van der Waals surface area contributed by atoms with E-state index >= 15 is 0 Å². The number of aromatic hydroxyl groups is 1. The maximum absolute atomic E-state index is 14.5. The minimum absolute atomic E-state index is 0.00431. The van der Waals surface area contributed by atoms with Gasteiger partial charge in [-0.1, -0.05) is 107 Å². The van der Waals surface area contributed by atoms with Crippen LogP contribution in [0.4, 0.5) is 0 Å². The number of likely N-dealkylation sites (N-methyl/N-ethyl adjacent to an activating group) is 1. The summed E-state index contributed by atoms with van der Waals surface area (Å²) >= 11 is 0. The molecule has 0 aromatic heterocycles. The van der Waals surface area contributed by atoms with Gasteiger partial charge < -0.3 is 68.3 Å². The fourth-order valence-corrected chi connectivity index (χ4v) is 8.57. The molecule has 0 bridgehead atoms. The largest absolute Gasteiger partial charge is 0.508 e. The highest BCUT2D eigenvalue weighted by atomic mass is 16.5. The summed E-state index contributed by atoms with van der Waals surface area (Å²) < 4.78 is 5.83. The number of nitrogens with two attached hydrogens (primary N) is 2. The van der Waals surface area contributed by atoms with E-state index in [9.17, 15) is 58.5 Å². The number of amides is 7. The van der Waals surface area contributed by atoms with Crippen molar-refractivity contribution in [1.29, 1.82) is 0 Å². The normalized spacial score (nSPS) is 23.9. The Morgan fingerprint density at radius 1 is 0.785 bits per heavy atom. The number of methoxy groups -OCH3 is 1. The van der Waals surface area contributed by atoms with E-state index in [4.69, 9.17) is 16.2 Å². The highest BCUT2D eigenvalue weighted by Crippen LogP contribution is 2.20. The van der Waals surface area contributed by atoms with Crippen LogP contribution in [0.15, 0.2) is 95.7 Å². The lowest BCUT2D eigenvalue weighted by molar-refractivity contribution is -0.146. The van der Waals surface area contributed by atoms with Gasteiger partial charge in [0, 0.05) is 33.0 Å². The second-order valence-electron chi connectivity index (χ2n) is 20.3. The smallest absolute Gasteiger partial charge is 0.327 e. The Balaban J connectivity index is 2.18. The first-order chi connectivity index (χ1) is 37.2. The zero-order chi connectivity index (χ0) is 59.1. The first-order valence-electron chi connectivity index (χ1n) is 26.2. The SMILES string of the molecule is C=C1C(=O)N[C@H](CC(C)C)C(=O)N[C@@H](CCc2ccc(O)cc2)C(=O)N[C@@H](C(=O)O)[C@H](C)C(=O)N[C@@H](CCCN=C(N)N)C(=O)N[C@@H](/C=C/C(C)=C/[C@H](C)[C@H](Cc2ccccc2)OC)[C@H](C)C(=O)N[C@@H](C(=O)O)CCC(=O)N1C. The van der Waals surface area contributed by atoms with Crippen LogP contribution in [0.2, 0.25) is 0 Å². The predicted molar refractivity (Wildman–Crippen MR) is 295 cm³/mol. The lowest BCUT2D eigenvalue weighted by atomic mass is 9.94. The number of hydrogen-bond acceptors (Lipinski definition) is 12. The van der Waals surface area contributed by atoms with Gasteiger partial charge in [0.1, 0.15) is 41.7 Å². The van der Waals surface area contributed by atoms with Gasteiger partial charge in [0.15, 0.2) is 5.96 Å². The lowest BCUT2D eigenvalue weighted by Gasteiger charge is -2.29. The molecule has 0 aliphatic carbocycles. The van der Waals surface area contributed by atoms with E-state index in [1.54, 1.807) is 46.1 Å². The number of benzene rings is 2. The molecule has 432 valence electrons. The van der Waals surface area contributed by atoms with Crippen LogP contribution in [-0.4, -0.2) is 143 Å². The van der Waals surface area contributed by atoms with Gasteiger partial charge in [-0.05, 0) is 81.0 Å². The number of carbonyl (C=O) groups excluding carboxylic acids is 7. The molecule has 1 saturated heterocycles. The van der Waals surface area contributed by atoms with Gasteiger partial charge in [-0.3, -0.25) is 38.6 Å². The van der Waals surface area contributed by atoms with Crippen LogP contribution < -0.4 is 43.4 Å². The third-order valence-electron chi connectivity index (χ3n) is 13.5. The van der Waals surface area contributed by atoms with Crippen molar-refractivity contribution in [2.24, 2.45) is 40.1 Å². The molecule has 23 heteroatoms. The minimum Gasteiger partial charge on any atom is -0.508 e. The van der Waals surface area contributed by atoms with E-state index in [-0.39, 0.29) is 68.3 Å². The molecule has 10 atom stereocenters. The number of carbonyl (C=O) groups is 9. The Hall–Kier alpha value is -8.08. The van der Waals surface area contributed by atoms with E-state index in [1.165, 1.54) is 39.1 Å². The Morgan fingerprint density at radius 2 is 1.38 bits per heavy atom. The van der Waals surface area contributed by atoms with Crippen molar-refractivity contribution in [1.82, 2.24) is 36.8 Å². The van der Waals surface area contributed by atoms with Crippen molar-refractivity contribution in [3.63, 3.8) is 0 Å². The number of phenols is 1. The fourth-order valence-electron chi connectivity index (χ4n) is 8.57. The lowest BCUT2D eigenvalue weighted by Crippen LogP contribution is -2.59. The highest BCUT2D eigenvalue weighted by molar-refractivity contribution is 6.00. The molecule has 0 spiro atoms. The number of guanidine groups is 1. The summed E-state index contributed by atoms with van der Waals surface area (Å²) in [5.74, 6) is -12.9. The molecule has 0 unspecified atom stereocenters. The molecule has 2 aromatic carbocycles. The molecular weight excluding hydrogens is 1020 g/mol. The number of carboxylic acids is 2. The van der Waals surface area contributed by atoms with Crippen LogP contribution in [0.25, 0.3) is 0 Å². The molecule has 0 saturated carbocycles. The zero-order valence-electron chi connectivity index (χ0n) is 46.3. The number of nitrogens with zero attached hydrogens (tertiary/aromatic N) is 2. The van der Waals surface area contributed by atoms with Gasteiger partial charge >= 0.3 is 11.9 Å². The maximum atomic E-state index is 14.5. The van der Waals surface area contributed by atoms with Gasteiger partial charge in [0.25, 0.3) is 5.91 Å². The van der Waals surface area contributed by atoms with E-state index in [0.717, 1.165) is 10.5 Å². The molecule has 0 radical (unpaired) electrons. The molecule has 23 nitrogen and oxygen atoms in total. The average molecular weight is 1100 g/mol. The molecule has 1 aliphatic rings. The second kappa shape index (κ2) is 32.0. The standard InChI is InChI=1S/C56H80N10O13/c1-31(2)28-44-53(74)62-42(24-20-37-18-21-39(67)22-19-37)52(73)65-47(55(77)78)35(6)49(70)61-41(16-13-27-59-56(57)58)51(72)60-40(23-17-32(3)29-33(4)45(79-9)30-38-14-11-10-12-15-38)34(5)48(69)63-43(54(75)76)25-26-46(68)66(8)36(7)50(71)64-44/h10-12,14-15,17-19,21-23,29,31,33-35,40-45,47,67H,7,13,16,20,24-28,30H2,1-6,8-9H3,(H,60,72)(H,61,70)(H,62,74)(H,63,69)(H,64,71)(H,65,73)(H,75,76)(H,77,78)(H4,57,58,59)/b23-17+,32-29+/t33-,34-,35-,40-,41-,42-,43+,44+,45-,47+/m0/s1. The first kappa shape index (κ1) is 65.2. The van der Waals surface area contributed by atoms with Gasteiger partial charge in [0.2, 0.25) is 35.4 Å². The number of aliphatic carboxylic acids is 2. The maximum Gasteiger partial charge on any atom is 0.327 e. The Bertz CT molecular complexity index is 2550. The molecule has 3 rings (SSSR count). The summed E-state index contributed by atoms with van der Waals surface area (Å²) in [5.41, 5.74) is 13.0. The van der Waals surface area contributed by atoms with Crippen molar-refractivity contribution in [2.75, 3.05) is 20.7 Å². The summed E-state index contributed by atoms with van der Waals surface area (Å²) in [5, 5.41) is 46.1. The van der Waals surface area contributed by atoms with Crippen LogP contribution in [0.3, 0.4) is 0 Å². The molecular formula is C56H80N10O13. The predicted octanol–water partition coefficient (Wildman–Crippen LogP) is 1.94. The number of rotatable bonds is 18. The average Bonchev–Trinajstić information content (AvgIpc) is 3.40. The minimum atomic E-state index is -1.95. The third kappa shape index (κ3) is 21.7. The number of aryl methyl sites for hydroxylation is 1. The van der Waals surface area contributed by atoms with Crippen LogP contribution in [0.1, 0.15) is 91.2 Å². The molecule has 79 heavy (non-hydrogen) atoms. The van der Waals surface area contributed by atoms with E-state index in [2.05, 4.69) is 43.5 Å². The first-order valence-corrected chi connectivity index (χ1v) is 26.2. The summed E-state index contributed by atoms with van der Waals surface area (Å²) in [6.07, 6.45) is 4.50. The highest BCUT2D eigenvalue weighted by Gasteiger charge is 2.38. The Morgan fingerprint density at radius 3 is 1.97 bits per heavy atom. The summed E-state index contributed by atoms with van der Waals surface area (Å²) in [4.78, 5) is 129. The third-order valence-corrected chi connectivity index (χ3v) is 13.5. The number of carboxylic acid groups (broad SMARTS) is 2. The van der Waals surface area contributed by atoms with Gasteiger partial charge in [-0.15, -0.1) is 0 Å². The molecule has 7 amide bonds.